The largest absolute Gasteiger partial charge is 0.308 e. The van der Waals surface area contributed by atoms with Gasteiger partial charge in [-0.3, -0.25) is 29.4 Å². The topological polar surface area (TPSA) is 101 Å². The van der Waals surface area contributed by atoms with Crippen LogP contribution in [0.4, 0.5) is 11.4 Å². The summed E-state index contributed by atoms with van der Waals surface area (Å²) in [6.45, 7) is -0.450. The minimum Gasteiger partial charge on any atom is -0.308 e. The van der Waals surface area contributed by atoms with Crippen LogP contribution in [-0.2, 0) is 4.79 Å². The number of hydrogen-bond donors (Lipinski definition) is 0. The van der Waals surface area contributed by atoms with Gasteiger partial charge in [0.05, 0.1) is 10.5 Å². The summed E-state index contributed by atoms with van der Waals surface area (Å²) in [6.07, 6.45) is 4.86. The normalized spacial score (nSPS) is 16.5. The van der Waals surface area contributed by atoms with Crippen LogP contribution in [0.3, 0.4) is 0 Å². The van der Waals surface area contributed by atoms with Gasteiger partial charge in [0.25, 0.3) is 17.5 Å². The Morgan fingerprint density at radius 2 is 1.70 bits per heavy atom. The predicted molar refractivity (Wildman–Crippen MR) is 109 cm³/mol. The Hall–Kier alpha value is -3.55. The molecule has 154 valence electrons. The number of benzene rings is 2. The van der Waals surface area contributed by atoms with E-state index in [4.69, 9.17) is 0 Å². The molecule has 3 amide bonds. The van der Waals surface area contributed by atoms with E-state index in [-0.39, 0.29) is 23.1 Å². The number of hydrogen-bond acceptors (Lipinski definition) is 5. The third-order valence-corrected chi connectivity index (χ3v) is 5.71. The maximum absolute atomic E-state index is 13.3. The molecule has 8 nitrogen and oxygen atoms in total. The van der Waals surface area contributed by atoms with Crippen molar-refractivity contribution in [3.05, 3.63) is 69.8 Å². The summed E-state index contributed by atoms with van der Waals surface area (Å²) >= 11 is 0. The van der Waals surface area contributed by atoms with E-state index < -0.39 is 29.0 Å². The molecule has 0 saturated heterocycles. The number of carbonyl (C=O) groups is 3. The highest BCUT2D eigenvalue weighted by Gasteiger charge is 2.42. The van der Waals surface area contributed by atoms with Crippen LogP contribution < -0.4 is 4.90 Å². The number of imide groups is 1. The second-order valence-electron chi connectivity index (χ2n) is 7.54. The third-order valence-electron chi connectivity index (χ3n) is 5.71. The van der Waals surface area contributed by atoms with E-state index in [0.717, 1.165) is 42.7 Å². The van der Waals surface area contributed by atoms with Crippen LogP contribution in [0.2, 0.25) is 0 Å². The van der Waals surface area contributed by atoms with E-state index in [1.54, 1.807) is 4.90 Å². The lowest BCUT2D eigenvalue weighted by Gasteiger charge is -2.35. The molecule has 0 spiro atoms. The molecule has 2 aromatic carbocycles. The first kappa shape index (κ1) is 19.8. The molecule has 0 unspecified atom stereocenters. The lowest BCUT2D eigenvalue weighted by molar-refractivity contribution is -0.385. The Kier molecular flexibility index (Phi) is 5.31. The molecule has 1 saturated carbocycles. The van der Waals surface area contributed by atoms with Crippen molar-refractivity contribution in [3.8, 4) is 0 Å². The highest BCUT2D eigenvalue weighted by molar-refractivity contribution is 6.24. The standard InChI is InChI=1S/C22H21N3O5/c26-19(24(15-8-3-1-4-9-15)16-10-5-2-6-11-16)14-23-21(27)17-12-7-13-18(25(29)30)20(17)22(23)28/h1,3-4,7-9,12-13,16H,2,5-6,10-11,14H2. The highest BCUT2D eigenvalue weighted by Crippen LogP contribution is 2.32. The minimum atomic E-state index is -0.799. The van der Waals surface area contributed by atoms with Crippen LogP contribution in [0, 0.1) is 10.1 Å². The Labute approximate surface area is 173 Å². The Morgan fingerprint density at radius 3 is 2.37 bits per heavy atom. The first-order valence-electron chi connectivity index (χ1n) is 9.99. The first-order chi connectivity index (χ1) is 14.5. The van der Waals surface area contributed by atoms with Gasteiger partial charge < -0.3 is 4.90 Å². The summed E-state index contributed by atoms with van der Waals surface area (Å²) in [4.78, 5) is 52.0. The molecule has 0 N–H and O–H groups in total. The van der Waals surface area contributed by atoms with Gasteiger partial charge in [0.2, 0.25) is 5.91 Å². The molecule has 30 heavy (non-hydrogen) atoms. The zero-order valence-corrected chi connectivity index (χ0v) is 16.3. The number of nitrogens with zero attached hydrogens (tertiary/aromatic N) is 3. The zero-order chi connectivity index (χ0) is 21.3. The molecule has 8 heteroatoms. The van der Waals surface area contributed by atoms with Gasteiger partial charge in [-0.1, -0.05) is 43.5 Å². The number of carbonyl (C=O) groups excluding carboxylic acids is 3. The predicted octanol–water partition coefficient (Wildman–Crippen LogP) is 3.56. The summed E-state index contributed by atoms with van der Waals surface area (Å²) in [7, 11) is 0. The van der Waals surface area contributed by atoms with Crippen LogP contribution in [0.1, 0.15) is 52.8 Å². The van der Waals surface area contributed by atoms with Gasteiger partial charge in [0, 0.05) is 17.8 Å². The molecule has 0 aromatic heterocycles. The molecule has 4 rings (SSSR count). The van der Waals surface area contributed by atoms with Gasteiger partial charge in [0.1, 0.15) is 12.1 Å². The molecule has 0 radical (unpaired) electrons. The third kappa shape index (κ3) is 3.45. The van der Waals surface area contributed by atoms with Crippen LogP contribution in [0.5, 0.6) is 0 Å². The van der Waals surface area contributed by atoms with Crippen molar-refractivity contribution >= 4 is 29.1 Å². The fourth-order valence-electron chi connectivity index (χ4n) is 4.31. The van der Waals surface area contributed by atoms with Gasteiger partial charge in [-0.15, -0.1) is 0 Å². The lowest BCUT2D eigenvalue weighted by Crippen LogP contribution is -2.48. The zero-order valence-electron chi connectivity index (χ0n) is 16.3. The molecule has 1 fully saturated rings. The summed E-state index contributed by atoms with van der Waals surface area (Å²) in [5.74, 6) is -1.85. The quantitative estimate of drug-likeness (QED) is 0.429. The van der Waals surface area contributed by atoms with E-state index in [1.807, 2.05) is 30.3 Å². The van der Waals surface area contributed by atoms with E-state index >= 15 is 0 Å². The molecule has 1 aliphatic heterocycles. The van der Waals surface area contributed by atoms with Crippen LogP contribution in [-0.4, -0.2) is 40.1 Å². The van der Waals surface area contributed by atoms with Crippen molar-refractivity contribution in [3.63, 3.8) is 0 Å². The maximum atomic E-state index is 13.3. The van der Waals surface area contributed by atoms with Crippen molar-refractivity contribution in [2.75, 3.05) is 11.4 Å². The van der Waals surface area contributed by atoms with Crippen molar-refractivity contribution in [1.82, 2.24) is 4.90 Å². The second-order valence-corrected chi connectivity index (χ2v) is 7.54. The molecular weight excluding hydrogens is 386 g/mol. The number of para-hydroxylation sites is 1. The van der Waals surface area contributed by atoms with Crippen LogP contribution in [0.15, 0.2) is 48.5 Å². The number of anilines is 1. The molecule has 1 heterocycles. The number of nitro groups is 1. The molecular formula is C22H21N3O5. The van der Waals surface area contributed by atoms with Crippen LogP contribution >= 0.6 is 0 Å². The van der Waals surface area contributed by atoms with E-state index in [2.05, 4.69) is 0 Å². The smallest absolute Gasteiger partial charge is 0.282 e. The average molecular weight is 407 g/mol. The molecule has 0 atom stereocenters. The van der Waals surface area contributed by atoms with E-state index in [1.165, 1.54) is 18.2 Å². The van der Waals surface area contributed by atoms with E-state index in [0.29, 0.717) is 0 Å². The van der Waals surface area contributed by atoms with Crippen molar-refractivity contribution in [2.45, 2.75) is 38.1 Å². The Balaban J connectivity index is 1.63. The van der Waals surface area contributed by atoms with Crippen molar-refractivity contribution < 1.29 is 19.3 Å². The summed E-state index contributed by atoms with van der Waals surface area (Å²) in [5.41, 5.74) is 0.0140. The van der Waals surface area contributed by atoms with Gasteiger partial charge in [0.15, 0.2) is 0 Å². The maximum Gasteiger partial charge on any atom is 0.282 e. The van der Waals surface area contributed by atoms with E-state index in [9.17, 15) is 24.5 Å². The lowest BCUT2D eigenvalue weighted by atomic mass is 9.93. The Bertz CT molecular complexity index is 1010. The second kappa shape index (κ2) is 8.06. The number of nitro benzene ring substituents is 1. The fourth-order valence-corrected chi connectivity index (χ4v) is 4.31. The molecule has 1 aliphatic carbocycles. The molecule has 2 aliphatic rings. The monoisotopic (exact) mass is 407 g/mol. The Morgan fingerprint density at radius 1 is 1.00 bits per heavy atom. The number of amides is 3. The first-order valence-corrected chi connectivity index (χ1v) is 9.99. The van der Waals surface area contributed by atoms with Crippen molar-refractivity contribution in [2.24, 2.45) is 0 Å². The minimum absolute atomic E-state index is 0.00170. The number of rotatable bonds is 5. The molecule has 2 aromatic rings. The SMILES string of the molecule is O=C1c2cccc([N+](=O)[O-])c2C(=O)N1CC(=O)N(c1ccccc1)C1CCCCC1. The van der Waals surface area contributed by atoms with Gasteiger partial charge in [-0.05, 0) is 31.0 Å². The molecule has 0 bridgehead atoms. The highest BCUT2D eigenvalue weighted by atomic mass is 16.6. The summed E-state index contributed by atoms with van der Waals surface area (Å²) < 4.78 is 0. The van der Waals surface area contributed by atoms with Crippen LogP contribution in [0.25, 0.3) is 0 Å². The van der Waals surface area contributed by atoms with Gasteiger partial charge in [-0.2, -0.15) is 0 Å². The summed E-state index contributed by atoms with van der Waals surface area (Å²) in [5, 5.41) is 11.3. The van der Waals surface area contributed by atoms with Gasteiger partial charge >= 0.3 is 0 Å². The van der Waals surface area contributed by atoms with Crippen molar-refractivity contribution in [1.29, 1.82) is 0 Å². The number of fused-ring (bicyclic) bond motifs is 1. The summed E-state index contributed by atoms with van der Waals surface area (Å²) in [6, 6.07) is 13.1. The van der Waals surface area contributed by atoms with Gasteiger partial charge in [-0.25, -0.2) is 0 Å². The average Bonchev–Trinajstić information content (AvgIpc) is 3.00. The fraction of sp³-hybridized carbons (Fsp3) is 0.318.